The van der Waals surface area contributed by atoms with Gasteiger partial charge in [-0.2, -0.15) is 11.8 Å². The van der Waals surface area contributed by atoms with Crippen LogP contribution < -0.4 is 5.73 Å². The lowest BCUT2D eigenvalue weighted by molar-refractivity contribution is 0.385. The zero-order chi connectivity index (χ0) is 8.69. The summed E-state index contributed by atoms with van der Waals surface area (Å²) in [5.41, 5.74) is 5.65. The van der Waals surface area contributed by atoms with Crippen LogP contribution in [0, 0.1) is 11.8 Å². The zero-order valence-electron chi connectivity index (χ0n) is 7.97. The SMILES string of the molecule is CCSCCC(CN)C(C)C. The molecule has 1 nitrogen and oxygen atoms in total. The van der Waals surface area contributed by atoms with Crippen molar-refractivity contribution in [3.8, 4) is 0 Å². The van der Waals surface area contributed by atoms with E-state index in [1.54, 1.807) is 0 Å². The summed E-state index contributed by atoms with van der Waals surface area (Å²) >= 11 is 2.01. The van der Waals surface area contributed by atoms with Gasteiger partial charge in [-0.3, -0.25) is 0 Å². The minimum atomic E-state index is 0.731. The Morgan fingerprint density at radius 3 is 2.36 bits per heavy atom. The zero-order valence-corrected chi connectivity index (χ0v) is 8.79. The summed E-state index contributed by atoms with van der Waals surface area (Å²) in [6.07, 6.45) is 1.28. The van der Waals surface area contributed by atoms with Crippen LogP contribution in [0.3, 0.4) is 0 Å². The Balaban J connectivity index is 3.36. The molecule has 0 aliphatic carbocycles. The van der Waals surface area contributed by atoms with Crippen LogP contribution >= 0.6 is 11.8 Å². The fourth-order valence-corrected chi connectivity index (χ4v) is 1.86. The topological polar surface area (TPSA) is 26.0 Å². The molecule has 2 N–H and O–H groups in total. The van der Waals surface area contributed by atoms with Crippen molar-refractivity contribution in [3.05, 3.63) is 0 Å². The minimum absolute atomic E-state index is 0.731. The van der Waals surface area contributed by atoms with Gasteiger partial charge in [0.05, 0.1) is 0 Å². The molecule has 11 heavy (non-hydrogen) atoms. The molecule has 0 bridgehead atoms. The van der Waals surface area contributed by atoms with Crippen molar-refractivity contribution in [3.63, 3.8) is 0 Å². The number of thioether (sulfide) groups is 1. The first-order valence-electron chi connectivity index (χ1n) is 4.50. The molecule has 0 fully saturated rings. The second kappa shape index (κ2) is 6.99. The lowest BCUT2D eigenvalue weighted by Crippen LogP contribution is -2.20. The first-order valence-corrected chi connectivity index (χ1v) is 5.65. The van der Waals surface area contributed by atoms with E-state index in [1.165, 1.54) is 17.9 Å². The summed E-state index contributed by atoms with van der Waals surface area (Å²) in [5, 5.41) is 0. The van der Waals surface area contributed by atoms with Gasteiger partial charge in [0.15, 0.2) is 0 Å². The van der Waals surface area contributed by atoms with Gasteiger partial charge in [0, 0.05) is 0 Å². The average molecular weight is 175 g/mol. The average Bonchev–Trinajstić information content (AvgIpc) is 1.97. The minimum Gasteiger partial charge on any atom is -0.330 e. The third kappa shape index (κ3) is 5.57. The molecule has 0 aliphatic heterocycles. The Hall–Kier alpha value is 0.310. The molecular weight excluding hydrogens is 154 g/mol. The van der Waals surface area contributed by atoms with Crippen LogP contribution in [0.15, 0.2) is 0 Å². The third-order valence-electron chi connectivity index (χ3n) is 2.08. The van der Waals surface area contributed by atoms with Crippen molar-refractivity contribution in [2.24, 2.45) is 17.6 Å². The van der Waals surface area contributed by atoms with Gasteiger partial charge >= 0.3 is 0 Å². The van der Waals surface area contributed by atoms with E-state index in [4.69, 9.17) is 5.73 Å². The lowest BCUT2D eigenvalue weighted by Gasteiger charge is -2.17. The summed E-state index contributed by atoms with van der Waals surface area (Å²) < 4.78 is 0. The molecule has 0 aromatic carbocycles. The molecule has 68 valence electrons. The number of rotatable bonds is 6. The Labute approximate surface area is 75.1 Å². The maximum Gasteiger partial charge on any atom is -0.00461 e. The summed E-state index contributed by atoms with van der Waals surface area (Å²) in [6.45, 7) is 7.57. The van der Waals surface area contributed by atoms with Gasteiger partial charge < -0.3 is 5.73 Å². The molecule has 0 amide bonds. The quantitative estimate of drug-likeness (QED) is 0.627. The first kappa shape index (κ1) is 11.3. The molecule has 1 unspecified atom stereocenters. The second-order valence-electron chi connectivity index (χ2n) is 3.23. The van der Waals surface area contributed by atoms with E-state index < -0.39 is 0 Å². The maximum absolute atomic E-state index is 5.65. The van der Waals surface area contributed by atoms with Crippen molar-refractivity contribution >= 4 is 11.8 Å². The monoisotopic (exact) mass is 175 g/mol. The Morgan fingerprint density at radius 2 is 2.00 bits per heavy atom. The van der Waals surface area contributed by atoms with E-state index in [1.807, 2.05) is 11.8 Å². The van der Waals surface area contributed by atoms with Crippen molar-refractivity contribution in [1.29, 1.82) is 0 Å². The molecule has 0 spiro atoms. The number of hydrogen-bond donors (Lipinski definition) is 1. The number of hydrogen-bond acceptors (Lipinski definition) is 2. The van der Waals surface area contributed by atoms with Crippen LogP contribution in [0.1, 0.15) is 27.2 Å². The number of nitrogens with two attached hydrogens (primary N) is 1. The summed E-state index contributed by atoms with van der Waals surface area (Å²) in [5.74, 6) is 3.98. The smallest absolute Gasteiger partial charge is 0.00461 e. The van der Waals surface area contributed by atoms with Gasteiger partial charge in [0.1, 0.15) is 0 Å². The summed E-state index contributed by atoms with van der Waals surface area (Å²) in [4.78, 5) is 0. The molecule has 0 heterocycles. The lowest BCUT2D eigenvalue weighted by atomic mass is 9.94. The Kier molecular flexibility index (Phi) is 7.18. The van der Waals surface area contributed by atoms with Crippen LogP contribution in [-0.4, -0.2) is 18.1 Å². The highest BCUT2D eigenvalue weighted by molar-refractivity contribution is 7.99. The highest BCUT2D eigenvalue weighted by Gasteiger charge is 2.09. The van der Waals surface area contributed by atoms with Crippen molar-refractivity contribution in [1.82, 2.24) is 0 Å². The fourth-order valence-electron chi connectivity index (χ4n) is 1.10. The third-order valence-corrected chi connectivity index (χ3v) is 3.02. The van der Waals surface area contributed by atoms with Crippen molar-refractivity contribution in [2.45, 2.75) is 27.2 Å². The van der Waals surface area contributed by atoms with Crippen LogP contribution in [0.5, 0.6) is 0 Å². The molecular formula is C9H21NS. The fraction of sp³-hybridized carbons (Fsp3) is 1.00. The normalized spacial score (nSPS) is 13.9. The molecule has 0 radical (unpaired) electrons. The molecule has 0 aliphatic rings. The Bertz CT molecular complexity index is 83.6. The molecule has 0 aromatic heterocycles. The second-order valence-corrected chi connectivity index (χ2v) is 4.62. The summed E-state index contributed by atoms with van der Waals surface area (Å²) in [6, 6.07) is 0. The van der Waals surface area contributed by atoms with E-state index >= 15 is 0 Å². The highest BCUT2D eigenvalue weighted by Crippen LogP contribution is 2.16. The van der Waals surface area contributed by atoms with Crippen LogP contribution in [-0.2, 0) is 0 Å². The molecule has 0 rings (SSSR count). The van der Waals surface area contributed by atoms with Crippen molar-refractivity contribution in [2.75, 3.05) is 18.1 Å². The standard InChI is InChI=1S/C9H21NS/c1-4-11-6-5-9(7-10)8(2)3/h8-9H,4-7,10H2,1-3H3. The van der Waals surface area contributed by atoms with Gasteiger partial charge in [-0.05, 0) is 36.3 Å². The molecule has 2 heteroatoms. The largest absolute Gasteiger partial charge is 0.330 e. The molecule has 0 saturated heterocycles. The Morgan fingerprint density at radius 1 is 1.36 bits per heavy atom. The van der Waals surface area contributed by atoms with E-state index in [2.05, 4.69) is 20.8 Å². The van der Waals surface area contributed by atoms with E-state index in [0.717, 1.165) is 18.4 Å². The van der Waals surface area contributed by atoms with E-state index in [-0.39, 0.29) is 0 Å². The van der Waals surface area contributed by atoms with Crippen LogP contribution in [0.4, 0.5) is 0 Å². The predicted octanol–water partition coefficient (Wildman–Crippen LogP) is 2.36. The highest BCUT2D eigenvalue weighted by atomic mass is 32.2. The van der Waals surface area contributed by atoms with Gasteiger partial charge in [0.2, 0.25) is 0 Å². The van der Waals surface area contributed by atoms with Gasteiger partial charge in [-0.25, -0.2) is 0 Å². The van der Waals surface area contributed by atoms with Gasteiger partial charge in [-0.1, -0.05) is 20.8 Å². The van der Waals surface area contributed by atoms with E-state index in [0.29, 0.717) is 0 Å². The first-order chi connectivity index (χ1) is 5.22. The van der Waals surface area contributed by atoms with Crippen molar-refractivity contribution < 1.29 is 0 Å². The van der Waals surface area contributed by atoms with Gasteiger partial charge in [0.25, 0.3) is 0 Å². The molecule has 0 saturated carbocycles. The van der Waals surface area contributed by atoms with Crippen LogP contribution in [0.25, 0.3) is 0 Å². The van der Waals surface area contributed by atoms with Crippen LogP contribution in [0.2, 0.25) is 0 Å². The maximum atomic E-state index is 5.65. The van der Waals surface area contributed by atoms with Gasteiger partial charge in [-0.15, -0.1) is 0 Å². The molecule has 0 aromatic rings. The molecule has 1 atom stereocenters. The van der Waals surface area contributed by atoms with E-state index in [9.17, 15) is 0 Å². The summed E-state index contributed by atoms with van der Waals surface area (Å²) in [7, 11) is 0. The predicted molar refractivity (Wildman–Crippen MR) is 55.0 cm³/mol.